The zero-order valence-electron chi connectivity index (χ0n) is 15.6. The highest BCUT2D eigenvalue weighted by Gasteiger charge is 2.48. The smallest absolute Gasteiger partial charge is 0.496 e. The van der Waals surface area contributed by atoms with E-state index in [2.05, 4.69) is 9.17 Å². The van der Waals surface area contributed by atoms with Crippen molar-refractivity contribution in [1.82, 2.24) is 4.98 Å². The minimum atomic E-state index is -5.89. The van der Waals surface area contributed by atoms with E-state index in [4.69, 9.17) is 4.74 Å². The number of aromatic nitrogens is 1. The fourth-order valence-corrected chi connectivity index (χ4v) is 4.18. The van der Waals surface area contributed by atoms with Crippen LogP contribution in [0.5, 0.6) is 11.5 Å². The molecule has 1 heterocycles. The number of carboxylic acid groups (broad SMARTS) is 1. The molecule has 0 bridgehead atoms. The topological polar surface area (TPSA) is 103 Å². The van der Waals surface area contributed by atoms with Gasteiger partial charge in [0.2, 0.25) is 0 Å². The second-order valence-electron chi connectivity index (χ2n) is 6.03. The quantitative estimate of drug-likeness (QED) is 0.477. The maximum Gasteiger partial charge on any atom is 0.534 e. The van der Waals surface area contributed by atoms with Gasteiger partial charge in [-0.05, 0) is 31.5 Å². The summed E-state index contributed by atoms with van der Waals surface area (Å²) in [6.07, 6.45) is 1.73. The summed E-state index contributed by atoms with van der Waals surface area (Å²) >= 11 is 1.23. The summed E-state index contributed by atoms with van der Waals surface area (Å²) in [7, 11) is -4.58. The van der Waals surface area contributed by atoms with E-state index >= 15 is 0 Å². The summed E-state index contributed by atoms with van der Waals surface area (Å²) in [5.41, 5.74) is -5.45. The van der Waals surface area contributed by atoms with E-state index in [1.807, 2.05) is 0 Å². The van der Waals surface area contributed by atoms with Crippen LogP contribution in [0.15, 0.2) is 24.4 Å². The number of thiazole rings is 1. The molecule has 0 aliphatic rings. The Morgan fingerprint density at radius 2 is 2.00 bits per heavy atom. The number of carbonyl (C=O) groups is 1. The average Bonchev–Trinajstić information content (AvgIpc) is 3.03. The monoisotopic (exact) mass is 453 g/mol. The third-order valence-electron chi connectivity index (χ3n) is 4.09. The standard InChI is InChI=1S/C17H18F3NO6S2/c1-4-11(16(22)23)14(15-21-8-9(2)28-15)12-7-10(5-6-13(12)26-3)27-29(24,25)17(18,19)20/h5-8,11,14H,4H2,1-3H3,(H,22,23). The zero-order valence-corrected chi connectivity index (χ0v) is 17.2. The molecule has 2 rings (SSSR count). The first kappa shape index (κ1) is 22.9. The van der Waals surface area contributed by atoms with E-state index in [9.17, 15) is 31.5 Å². The van der Waals surface area contributed by atoms with Crippen molar-refractivity contribution in [2.75, 3.05) is 7.11 Å². The van der Waals surface area contributed by atoms with Crippen LogP contribution < -0.4 is 8.92 Å². The number of alkyl halides is 3. The van der Waals surface area contributed by atoms with Gasteiger partial charge in [-0.25, -0.2) is 4.98 Å². The summed E-state index contributed by atoms with van der Waals surface area (Å²) in [6, 6.07) is 3.26. The fourth-order valence-electron chi connectivity index (χ4n) is 2.77. The van der Waals surface area contributed by atoms with E-state index < -0.39 is 39.2 Å². The van der Waals surface area contributed by atoms with Gasteiger partial charge >= 0.3 is 21.6 Å². The molecule has 29 heavy (non-hydrogen) atoms. The van der Waals surface area contributed by atoms with E-state index in [-0.39, 0.29) is 17.7 Å². The zero-order chi connectivity index (χ0) is 22.0. The van der Waals surface area contributed by atoms with Crippen LogP contribution in [0.25, 0.3) is 0 Å². The van der Waals surface area contributed by atoms with E-state index in [0.717, 1.165) is 17.0 Å². The second kappa shape index (κ2) is 8.57. The molecule has 2 atom stereocenters. The van der Waals surface area contributed by atoms with E-state index in [1.165, 1.54) is 24.5 Å². The van der Waals surface area contributed by atoms with E-state index in [1.54, 1.807) is 20.0 Å². The third-order valence-corrected chi connectivity index (χ3v) is 6.06. The van der Waals surface area contributed by atoms with Crippen LogP contribution in [0.1, 0.15) is 34.7 Å². The predicted octanol–water partition coefficient (Wildman–Crippen LogP) is 3.93. The molecular formula is C17H18F3NO6S2. The summed E-state index contributed by atoms with van der Waals surface area (Å²) in [5, 5.41) is 10.1. The molecule has 2 aromatic rings. The number of ether oxygens (including phenoxy) is 1. The molecule has 12 heteroatoms. The largest absolute Gasteiger partial charge is 0.534 e. The van der Waals surface area contributed by atoms with Crippen molar-refractivity contribution >= 4 is 27.4 Å². The van der Waals surface area contributed by atoms with Crippen LogP contribution in [0, 0.1) is 12.8 Å². The van der Waals surface area contributed by atoms with Crippen LogP contribution in [0.4, 0.5) is 13.2 Å². The minimum absolute atomic E-state index is 0.158. The fraction of sp³-hybridized carbons (Fsp3) is 0.412. The number of aliphatic carboxylic acids is 1. The van der Waals surface area contributed by atoms with Crippen molar-refractivity contribution in [3.8, 4) is 11.5 Å². The summed E-state index contributed by atoms with van der Waals surface area (Å²) in [6.45, 7) is 3.42. The van der Waals surface area contributed by atoms with Crippen LogP contribution >= 0.6 is 11.3 Å². The Morgan fingerprint density at radius 3 is 2.45 bits per heavy atom. The van der Waals surface area contributed by atoms with Crippen molar-refractivity contribution < 1.29 is 40.4 Å². The number of halogens is 3. The van der Waals surface area contributed by atoms with Gasteiger partial charge in [-0.3, -0.25) is 4.79 Å². The number of carboxylic acids is 1. The first-order valence-electron chi connectivity index (χ1n) is 8.25. The lowest BCUT2D eigenvalue weighted by atomic mass is 9.84. The molecular weight excluding hydrogens is 435 g/mol. The number of hydrogen-bond acceptors (Lipinski definition) is 7. The highest BCUT2D eigenvalue weighted by atomic mass is 32.2. The van der Waals surface area contributed by atoms with Crippen LogP contribution in [0.3, 0.4) is 0 Å². The Kier molecular flexibility index (Phi) is 6.78. The molecule has 160 valence electrons. The molecule has 1 aromatic heterocycles. The van der Waals surface area contributed by atoms with Gasteiger partial charge in [0.05, 0.1) is 18.9 Å². The van der Waals surface area contributed by atoms with Gasteiger partial charge in [0.1, 0.15) is 16.5 Å². The van der Waals surface area contributed by atoms with Crippen molar-refractivity contribution in [2.24, 2.45) is 5.92 Å². The molecule has 1 N–H and O–H groups in total. The third kappa shape index (κ3) is 4.99. The van der Waals surface area contributed by atoms with Gasteiger partial charge in [0, 0.05) is 16.6 Å². The van der Waals surface area contributed by atoms with Gasteiger partial charge in [0.25, 0.3) is 0 Å². The lowest BCUT2D eigenvalue weighted by Gasteiger charge is -2.24. The maximum absolute atomic E-state index is 12.7. The molecule has 0 amide bonds. The number of rotatable bonds is 8. The van der Waals surface area contributed by atoms with Crippen molar-refractivity contribution in [1.29, 1.82) is 0 Å². The molecule has 1 aromatic carbocycles. The van der Waals surface area contributed by atoms with Gasteiger partial charge < -0.3 is 14.0 Å². The molecule has 0 saturated heterocycles. The highest BCUT2D eigenvalue weighted by molar-refractivity contribution is 7.88. The first-order valence-corrected chi connectivity index (χ1v) is 10.5. The SMILES string of the molecule is CCC(C(=O)O)C(c1ncc(C)s1)c1cc(OS(=O)(=O)C(F)(F)F)ccc1OC. The molecule has 0 spiro atoms. The Morgan fingerprint density at radius 1 is 1.34 bits per heavy atom. The number of nitrogens with zero attached hydrogens (tertiary/aromatic N) is 1. The van der Waals surface area contributed by atoms with Gasteiger partial charge in [-0.15, -0.1) is 11.3 Å². The van der Waals surface area contributed by atoms with Crippen LogP contribution in [0.2, 0.25) is 0 Å². The van der Waals surface area contributed by atoms with Gasteiger partial charge in [-0.2, -0.15) is 21.6 Å². The highest BCUT2D eigenvalue weighted by Crippen LogP contribution is 2.42. The molecule has 7 nitrogen and oxygen atoms in total. The summed E-state index contributed by atoms with van der Waals surface area (Å²) < 4.78 is 70.1. The van der Waals surface area contributed by atoms with Gasteiger partial charge in [0.15, 0.2) is 0 Å². The minimum Gasteiger partial charge on any atom is -0.496 e. The number of benzene rings is 1. The maximum atomic E-state index is 12.7. The second-order valence-corrected chi connectivity index (χ2v) is 8.83. The lowest BCUT2D eigenvalue weighted by molar-refractivity contribution is -0.142. The molecule has 0 radical (unpaired) electrons. The van der Waals surface area contributed by atoms with Gasteiger partial charge in [-0.1, -0.05) is 6.92 Å². The van der Waals surface area contributed by atoms with Crippen molar-refractivity contribution in [2.45, 2.75) is 31.7 Å². The number of hydrogen-bond donors (Lipinski definition) is 1. The lowest BCUT2D eigenvalue weighted by Crippen LogP contribution is -2.28. The Bertz CT molecular complexity index is 987. The van der Waals surface area contributed by atoms with Crippen molar-refractivity contribution in [3.05, 3.63) is 39.8 Å². The van der Waals surface area contributed by atoms with E-state index in [0.29, 0.717) is 5.01 Å². The summed E-state index contributed by atoms with van der Waals surface area (Å²) in [4.78, 5) is 16.9. The van der Waals surface area contributed by atoms with Crippen LogP contribution in [-0.2, 0) is 14.9 Å². The predicted molar refractivity (Wildman–Crippen MR) is 98.7 cm³/mol. The molecule has 0 saturated carbocycles. The molecule has 0 fully saturated rings. The Labute approximate surface area is 169 Å². The normalized spacial score (nSPS) is 14.3. The van der Waals surface area contributed by atoms with Crippen LogP contribution in [-0.4, -0.2) is 37.1 Å². The molecule has 0 aliphatic carbocycles. The number of methoxy groups -OCH3 is 1. The first-order chi connectivity index (χ1) is 13.4. The Hall–Kier alpha value is -2.34. The van der Waals surface area contributed by atoms with Crippen molar-refractivity contribution in [3.63, 3.8) is 0 Å². The molecule has 2 unspecified atom stereocenters. The number of aryl methyl sites for hydroxylation is 1. The average molecular weight is 453 g/mol. The summed E-state index contributed by atoms with van der Waals surface area (Å²) in [5.74, 6) is -3.45. The Balaban J connectivity index is 2.64. The molecule has 0 aliphatic heterocycles.